The fraction of sp³-hybridized carbons (Fsp3) is 0.368. The maximum Gasteiger partial charge on any atom is 0.243 e. The van der Waals surface area contributed by atoms with Crippen molar-refractivity contribution in [2.45, 2.75) is 32.1 Å². The number of nitrogens with zero attached hydrogens (tertiary/aromatic N) is 4. The molecule has 0 radical (unpaired) electrons. The highest BCUT2D eigenvalue weighted by molar-refractivity contribution is 7.98. The van der Waals surface area contributed by atoms with Gasteiger partial charge in [-0.25, -0.2) is 0 Å². The third kappa shape index (κ3) is 5.90. The van der Waals surface area contributed by atoms with Gasteiger partial charge in [-0.2, -0.15) is 16.6 Å². The number of benzene rings is 1. The number of carbonyl (C=O) groups is 1. The first-order valence-electron chi connectivity index (χ1n) is 8.87. The van der Waals surface area contributed by atoms with Gasteiger partial charge in [0.2, 0.25) is 11.7 Å². The van der Waals surface area contributed by atoms with Crippen LogP contribution >= 0.6 is 23.1 Å². The largest absolute Gasteiger partial charge is 0.354 e. The Kier molecular flexibility index (Phi) is 7.00. The molecule has 8 heteroatoms. The van der Waals surface area contributed by atoms with Crippen LogP contribution in [0.2, 0.25) is 0 Å². The van der Waals surface area contributed by atoms with Crippen molar-refractivity contribution < 1.29 is 4.79 Å². The lowest BCUT2D eigenvalue weighted by atomic mass is 10.0. The molecule has 1 amide bonds. The standard InChI is InChI=1S/C19H23N5OS2/c1-14(2)15-5-7-16(8-6-15)19-21-23-24(22-19)12-18(25)20-9-11-26-13-17-4-3-10-27-17/h3-8,10,14H,9,11-13H2,1-2H3,(H,20,25). The number of aromatic nitrogens is 4. The summed E-state index contributed by atoms with van der Waals surface area (Å²) in [6.45, 7) is 5.02. The molecule has 2 aromatic heterocycles. The molecule has 0 aliphatic heterocycles. The maximum absolute atomic E-state index is 12.0. The smallest absolute Gasteiger partial charge is 0.243 e. The van der Waals surface area contributed by atoms with Gasteiger partial charge in [0.1, 0.15) is 6.54 Å². The van der Waals surface area contributed by atoms with E-state index in [4.69, 9.17) is 0 Å². The van der Waals surface area contributed by atoms with Crippen LogP contribution in [0, 0.1) is 0 Å². The van der Waals surface area contributed by atoms with E-state index in [-0.39, 0.29) is 12.5 Å². The first-order valence-corrected chi connectivity index (χ1v) is 10.9. The molecule has 0 aliphatic rings. The van der Waals surface area contributed by atoms with Crippen LogP contribution < -0.4 is 5.32 Å². The average molecular weight is 402 g/mol. The van der Waals surface area contributed by atoms with Gasteiger partial charge in [-0.1, -0.05) is 44.2 Å². The molecular weight excluding hydrogens is 378 g/mol. The van der Waals surface area contributed by atoms with Crippen LogP contribution in [0.5, 0.6) is 0 Å². The molecule has 0 spiro atoms. The summed E-state index contributed by atoms with van der Waals surface area (Å²) >= 11 is 3.57. The summed E-state index contributed by atoms with van der Waals surface area (Å²) in [7, 11) is 0. The van der Waals surface area contributed by atoms with E-state index in [2.05, 4.69) is 64.2 Å². The summed E-state index contributed by atoms with van der Waals surface area (Å²) in [5.41, 5.74) is 2.17. The SMILES string of the molecule is CC(C)c1ccc(-c2nnn(CC(=O)NCCSCc3cccs3)n2)cc1. The summed E-state index contributed by atoms with van der Waals surface area (Å²) in [4.78, 5) is 14.7. The van der Waals surface area contributed by atoms with Crippen LogP contribution in [0.4, 0.5) is 0 Å². The van der Waals surface area contributed by atoms with Crippen molar-refractivity contribution in [3.05, 3.63) is 52.2 Å². The minimum absolute atomic E-state index is 0.0761. The lowest BCUT2D eigenvalue weighted by molar-refractivity contribution is -0.121. The normalized spacial score (nSPS) is 11.1. The van der Waals surface area contributed by atoms with E-state index < -0.39 is 0 Å². The van der Waals surface area contributed by atoms with E-state index in [9.17, 15) is 4.79 Å². The molecule has 3 aromatic rings. The predicted octanol–water partition coefficient (Wildman–Crippen LogP) is 3.57. The van der Waals surface area contributed by atoms with Crippen molar-refractivity contribution in [2.24, 2.45) is 0 Å². The minimum Gasteiger partial charge on any atom is -0.354 e. The van der Waals surface area contributed by atoms with Crippen molar-refractivity contribution in [2.75, 3.05) is 12.3 Å². The Bertz CT molecular complexity index is 843. The second-order valence-corrected chi connectivity index (χ2v) is 8.54. The first kappa shape index (κ1) is 19.6. The summed E-state index contributed by atoms with van der Waals surface area (Å²) in [5.74, 6) is 2.77. The molecule has 6 nitrogen and oxygen atoms in total. The Balaban J connectivity index is 1.42. The molecule has 0 bridgehead atoms. The monoisotopic (exact) mass is 401 g/mol. The van der Waals surface area contributed by atoms with Gasteiger partial charge >= 0.3 is 0 Å². The van der Waals surface area contributed by atoms with E-state index in [0.717, 1.165) is 17.1 Å². The van der Waals surface area contributed by atoms with E-state index in [1.165, 1.54) is 15.2 Å². The summed E-state index contributed by atoms with van der Waals surface area (Å²) < 4.78 is 0. The highest BCUT2D eigenvalue weighted by Crippen LogP contribution is 2.19. The molecule has 0 atom stereocenters. The van der Waals surface area contributed by atoms with Crippen LogP contribution in [0.1, 0.15) is 30.2 Å². The van der Waals surface area contributed by atoms with Gasteiger partial charge in [0.25, 0.3) is 0 Å². The number of thiophene rings is 1. The zero-order valence-electron chi connectivity index (χ0n) is 15.5. The minimum atomic E-state index is -0.106. The Hall–Kier alpha value is -2.19. The lowest BCUT2D eigenvalue weighted by Gasteiger charge is -2.05. The van der Waals surface area contributed by atoms with Crippen molar-refractivity contribution in [1.82, 2.24) is 25.5 Å². The molecule has 2 heterocycles. The zero-order valence-corrected chi connectivity index (χ0v) is 17.1. The zero-order chi connectivity index (χ0) is 19.1. The van der Waals surface area contributed by atoms with Gasteiger partial charge < -0.3 is 5.32 Å². The molecule has 0 fully saturated rings. The van der Waals surface area contributed by atoms with Crippen LogP contribution in [0.3, 0.4) is 0 Å². The van der Waals surface area contributed by atoms with Crippen LogP contribution in [-0.4, -0.2) is 38.4 Å². The molecule has 142 valence electrons. The number of tetrazole rings is 1. The van der Waals surface area contributed by atoms with Crippen LogP contribution in [-0.2, 0) is 17.1 Å². The van der Waals surface area contributed by atoms with Gasteiger partial charge in [0.15, 0.2) is 0 Å². The quantitative estimate of drug-likeness (QED) is 0.555. The molecule has 0 aliphatic carbocycles. The molecular formula is C19H23N5OS2. The lowest BCUT2D eigenvalue weighted by Crippen LogP contribution is -2.30. The van der Waals surface area contributed by atoms with Gasteiger partial charge in [0.05, 0.1) is 0 Å². The number of hydrogen-bond acceptors (Lipinski definition) is 6. The molecule has 27 heavy (non-hydrogen) atoms. The van der Waals surface area contributed by atoms with E-state index in [1.54, 1.807) is 11.3 Å². The van der Waals surface area contributed by atoms with E-state index >= 15 is 0 Å². The molecule has 0 saturated carbocycles. The number of nitrogens with one attached hydrogen (secondary N) is 1. The molecule has 0 saturated heterocycles. The van der Waals surface area contributed by atoms with Crippen molar-refractivity contribution in [3.63, 3.8) is 0 Å². The fourth-order valence-corrected chi connectivity index (χ4v) is 4.16. The summed E-state index contributed by atoms with van der Waals surface area (Å²) in [6.07, 6.45) is 0. The molecule has 1 N–H and O–H groups in total. The highest BCUT2D eigenvalue weighted by Gasteiger charge is 2.09. The van der Waals surface area contributed by atoms with Gasteiger partial charge in [-0.15, -0.1) is 21.5 Å². The van der Waals surface area contributed by atoms with Gasteiger partial charge in [0, 0.05) is 28.5 Å². The van der Waals surface area contributed by atoms with Crippen LogP contribution in [0.15, 0.2) is 41.8 Å². The Morgan fingerprint density at radius 1 is 1.26 bits per heavy atom. The third-order valence-corrected chi connectivity index (χ3v) is 6.03. The number of hydrogen-bond donors (Lipinski definition) is 1. The Labute approximate surface area is 167 Å². The van der Waals surface area contributed by atoms with E-state index in [0.29, 0.717) is 18.3 Å². The second kappa shape index (κ2) is 9.66. The van der Waals surface area contributed by atoms with Crippen molar-refractivity contribution in [3.8, 4) is 11.4 Å². The second-order valence-electron chi connectivity index (χ2n) is 6.40. The van der Waals surface area contributed by atoms with Crippen LogP contribution in [0.25, 0.3) is 11.4 Å². The molecule has 0 unspecified atom stereocenters. The van der Waals surface area contributed by atoms with Gasteiger partial charge in [-0.05, 0) is 28.1 Å². The fourth-order valence-electron chi connectivity index (χ4n) is 2.46. The Morgan fingerprint density at radius 3 is 2.78 bits per heavy atom. The summed E-state index contributed by atoms with van der Waals surface area (Å²) in [6, 6.07) is 12.3. The van der Waals surface area contributed by atoms with E-state index in [1.807, 2.05) is 23.9 Å². The number of amides is 1. The first-order chi connectivity index (χ1) is 13.1. The highest BCUT2D eigenvalue weighted by atomic mass is 32.2. The third-order valence-electron chi connectivity index (χ3n) is 3.97. The predicted molar refractivity (Wildman–Crippen MR) is 111 cm³/mol. The number of thioether (sulfide) groups is 1. The molecule has 1 aromatic carbocycles. The van der Waals surface area contributed by atoms with Gasteiger partial charge in [-0.3, -0.25) is 4.79 Å². The maximum atomic E-state index is 12.0. The number of rotatable bonds is 9. The average Bonchev–Trinajstić information content (AvgIpc) is 3.33. The van der Waals surface area contributed by atoms with Crippen molar-refractivity contribution in [1.29, 1.82) is 0 Å². The molecule has 3 rings (SSSR count). The summed E-state index contributed by atoms with van der Waals surface area (Å²) in [5, 5.41) is 17.3. The topological polar surface area (TPSA) is 72.7 Å². The number of carbonyl (C=O) groups excluding carboxylic acids is 1. The Morgan fingerprint density at radius 2 is 2.07 bits per heavy atom. The van der Waals surface area contributed by atoms with Crippen molar-refractivity contribution >= 4 is 29.0 Å².